The second-order valence-electron chi connectivity index (χ2n) is 10.2. The van der Waals surface area contributed by atoms with E-state index in [0.717, 1.165) is 22.5 Å². The van der Waals surface area contributed by atoms with Crippen LogP contribution in [0.4, 0.5) is 0 Å². The molecule has 0 unspecified atom stereocenters. The topological polar surface area (TPSA) is 12.9 Å². The van der Waals surface area contributed by atoms with Gasteiger partial charge in [-0.15, -0.1) is 0 Å². The quantitative estimate of drug-likeness (QED) is 0.236. The van der Waals surface area contributed by atoms with Gasteiger partial charge in [0.1, 0.15) is 0 Å². The number of nitrogens with zero attached hydrogens (tertiary/aromatic N) is 1. The highest BCUT2D eigenvalue weighted by molar-refractivity contribution is 5.89. The fourth-order valence-corrected chi connectivity index (χ4v) is 5.42. The largest absolute Gasteiger partial charge is 0.248 e. The molecule has 184 valence electrons. The lowest BCUT2D eigenvalue weighted by Crippen LogP contribution is -1.91. The Balaban J connectivity index is 1.26. The van der Waals surface area contributed by atoms with Crippen LogP contribution >= 0.6 is 0 Å². The van der Waals surface area contributed by atoms with E-state index in [1.807, 2.05) is 0 Å². The number of fused-ring (bicyclic) bond motifs is 2. The van der Waals surface area contributed by atoms with E-state index in [1.165, 1.54) is 49.4 Å². The van der Waals surface area contributed by atoms with Crippen LogP contribution in [-0.4, -0.2) is 4.98 Å². The van der Waals surface area contributed by atoms with Gasteiger partial charge >= 0.3 is 0 Å². The number of aryl methyl sites for hydroxylation is 1. The van der Waals surface area contributed by atoms with Gasteiger partial charge in [-0.1, -0.05) is 109 Å². The molecular weight excluding hydrogens is 470 g/mol. The lowest BCUT2D eigenvalue weighted by Gasteiger charge is -2.11. The van der Waals surface area contributed by atoms with Crippen molar-refractivity contribution in [1.82, 2.24) is 4.98 Å². The molecule has 0 amide bonds. The molecule has 0 saturated heterocycles. The van der Waals surface area contributed by atoms with Gasteiger partial charge in [0.15, 0.2) is 0 Å². The molecule has 0 saturated carbocycles. The van der Waals surface area contributed by atoms with Gasteiger partial charge in [0.2, 0.25) is 0 Å². The van der Waals surface area contributed by atoms with Crippen LogP contribution in [0.3, 0.4) is 0 Å². The zero-order valence-electron chi connectivity index (χ0n) is 21.8. The maximum absolute atomic E-state index is 5.14. The van der Waals surface area contributed by atoms with E-state index in [-0.39, 0.29) is 0 Å². The normalized spacial score (nSPS) is 11.2. The highest BCUT2D eigenvalue weighted by Gasteiger charge is 2.09. The first-order valence-corrected chi connectivity index (χ1v) is 13.4. The van der Waals surface area contributed by atoms with Gasteiger partial charge in [-0.05, 0) is 92.7 Å². The zero-order chi connectivity index (χ0) is 26.2. The van der Waals surface area contributed by atoms with Gasteiger partial charge < -0.3 is 0 Å². The predicted octanol–water partition coefficient (Wildman–Crippen LogP) is 10.4. The van der Waals surface area contributed by atoms with Crippen LogP contribution in [0.15, 0.2) is 146 Å². The van der Waals surface area contributed by atoms with Crippen LogP contribution in [0, 0.1) is 6.92 Å². The summed E-state index contributed by atoms with van der Waals surface area (Å²) in [5, 5.41) is 5.02. The zero-order valence-corrected chi connectivity index (χ0v) is 21.8. The van der Waals surface area contributed by atoms with E-state index in [2.05, 4.69) is 153 Å². The minimum absolute atomic E-state index is 0.990. The minimum atomic E-state index is 0.990. The van der Waals surface area contributed by atoms with Crippen molar-refractivity contribution in [3.05, 3.63) is 151 Å². The predicted molar refractivity (Wildman–Crippen MR) is 166 cm³/mol. The smallest absolute Gasteiger partial charge is 0.0712 e. The van der Waals surface area contributed by atoms with E-state index in [0.29, 0.717) is 0 Å². The van der Waals surface area contributed by atoms with E-state index < -0.39 is 0 Å². The van der Waals surface area contributed by atoms with Gasteiger partial charge in [0.05, 0.1) is 11.4 Å². The van der Waals surface area contributed by atoms with Gasteiger partial charge in [-0.2, -0.15) is 0 Å². The third kappa shape index (κ3) is 4.60. The number of rotatable bonds is 4. The molecule has 0 atom stereocenters. The average molecular weight is 498 g/mol. The van der Waals surface area contributed by atoms with Crippen LogP contribution in [0.2, 0.25) is 0 Å². The maximum atomic E-state index is 5.14. The van der Waals surface area contributed by atoms with Crippen LogP contribution < -0.4 is 0 Å². The van der Waals surface area contributed by atoms with Crippen molar-refractivity contribution in [1.29, 1.82) is 0 Å². The molecule has 0 aliphatic heterocycles. The first-order chi connectivity index (χ1) is 19.2. The molecule has 0 radical (unpaired) electrons. The van der Waals surface area contributed by atoms with E-state index >= 15 is 0 Å². The Hall–Kier alpha value is -5.01. The highest BCUT2D eigenvalue weighted by atomic mass is 14.7. The minimum Gasteiger partial charge on any atom is -0.248 e. The first kappa shape index (κ1) is 23.1. The standard InChI is InChI=1S/C38H27N/c1-26-20-37(35-14-6-12-31(24-35)33-18-16-27-8-2-4-10-29(27)22-33)39-38(21-26)36-15-7-13-32(25-36)34-19-17-28-9-3-5-11-30(28)23-34/h2-25H,1H3. The molecule has 6 aromatic carbocycles. The van der Waals surface area contributed by atoms with E-state index in [1.54, 1.807) is 0 Å². The number of aromatic nitrogens is 1. The van der Waals surface area contributed by atoms with Gasteiger partial charge in [0, 0.05) is 11.1 Å². The fourth-order valence-electron chi connectivity index (χ4n) is 5.42. The van der Waals surface area contributed by atoms with Crippen molar-refractivity contribution in [3.8, 4) is 44.8 Å². The molecule has 1 heterocycles. The number of benzene rings is 6. The Morgan fingerprint density at radius 2 is 0.744 bits per heavy atom. The average Bonchev–Trinajstić information content (AvgIpc) is 3.00. The Bertz CT molecular complexity index is 1840. The Kier molecular flexibility index (Phi) is 5.75. The summed E-state index contributed by atoms with van der Waals surface area (Å²) in [5.41, 5.74) is 10.2. The van der Waals surface area contributed by atoms with Crippen LogP contribution in [0.25, 0.3) is 66.3 Å². The molecule has 1 heteroatoms. The molecule has 1 nitrogen and oxygen atoms in total. The molecule has 39 heavy (non-hydrogen) atoms. The van der Waals surface area contributed by atoms with Crippen LogP contribution in [-0.2, 0) is 0 Å². The molecule has 0 aliphatic rings. The maximum Gasteiger partial charge on any atom is 0.0712 e. The molecule has 0 fully saturated rings. The Labute approximate surface area is 229 Å². The summed E-state index contributed by atoms with van der Waals surface area (Å²) in [4.78, 5) is 5.14. The van der Waals surface area contributed by atoms with Crippen molar-refractivity contribution in [2.75, 3.05) is 0 Å². The summed E-state index contributed by atoms with van der Waals surface area (Å²) in [7, 11) is 0. The third-order valence-electron chi connectivity index (χ3n) is 7.45. The van der Waals surface area contributed by atoms with Gasteiger partial charge in [-0.3, -0.25) is 0 Å². The second-order valence-corrected chi connectivity index (χ2v) is 10.2. The van der Waals surface area contributed by atoms with Crippen LogP contribution in [0.5, 0.6) is 0 Å². The molecule has 1 aromatic heterocycles. The monoisotopic (exact) mass is 497 g/mol. The second kappa shape index (κ2) is 9.70. The van der Waals surface area contributed by atoms with Crippen molar-refractivity contribution in [2.45, 2.75) is 6.92 Å². The SMILES string of the molecule is Cc1cc(-c2cccc(-c3ccc4ccccc4c3)c2)nc(-c2cccc(-c3ccc4ccccc4c3)c2)c1. The van der Waals surface area contributed by atoms with Gasteiger partial charge in [0.25, 0.3) is 0 Å². The van der Waals surface area contributed by atoms with Crippen molar-refractivity contribution >= 4 is 21.5 Å². The first-order valence-electron chi connectivity index (χ1n) is 13.4. The highest BCUT2D eigenvalue weighted by Crippen LogP contribution is 2.32. The number of pyridine rings is 1. The molecule has 7 aromatic rings. The molecule has 0 aliphatic carbocycles. The summed E-state index contributed by atoms with van der Waals surface area (Å²) in [6.07, 6.45) is 0. The summed E-state index contributed by atoms with van der Waals surface area (Å²) in [6.45, 7) is 2.15. The summed E-state index contributed by atoms with van der Waals surface area (Å²) in [5.74, 6) is 0. The van der Waals surface area contributed by atoms with E-state index in [4.69, 9.17) is 4.98 Å². The molecule has 7 rings (SSSR count). The van der Waals surface area contributed by atoms with Crippen LogP contribution in [0.1, 0.15) is 5.56 Å². The molecular formula is C38H27N. The van der Waals surface area contributed by atoms with Gasteiger partial charge in [-0.25, -0.2) is 4.98 Å². The summed E-state index contributed by atoms with van der Waals surface area (Å²) >= 11 is 0. The van der Waals surface area contributed by atoms with E-state index in [9.17, 15) is 0 Å². The lowest BCUT2D eigenvalue weighted by molar-refractivity contribution is 1.29. The summed E-state index contributed by atoms with van der Waals surface area (Å²) < 4.78 is 0. The van der Waals surface area contributed by atoms with Crippen molar-refractivity contribution < 1.29 is 0 Å². The number of hydrogen-bond donors (Lipinski definition) is 0. The lowest BCUT2D eigenvalue weighted by atomic mass is 9.97. The van der Waals surface area contributed by atoms with Crippen molar-refractivity contribution in [3.63, 3.8) is 0 Å². The molecule has 0 spiro atoms. The number of hydrogen-bond acceptors (Lipinski definition) is 1. The Morgan fingerprint density at radius 1 is 0.333 bits per heavy atom. The summed E-state index contributed by atoms with van der Waals surface area (Å²) in [6, 6.07) is 52.1. The van der Waals surface area contributed by atoms with Crippen molar-refractivity contribution in [2.24, 2.45) is 0 Å². The fraction of sp³-hybridized carbons (Fsp3) is 0.0263. The third-order valence-corrected chi connectivity index (χ3v) is 7.45. The Morgan fingerprint density at radius 3 is 1.23 bits per heavy atom. The molecule has 0 N–H and O–H groups in total. The molecule has 0 bridgehead atoms.